The summed E-state index contributed by atoms with van der Waals surface area (Å²) in [7, 11) is -3.64. The second kappa shape index (κ2) is 6.46. The molecule has 7 heteroatoms. The minimum Gasteiger partial charge on any atom is -0.465 e. The molecule has 1 aromatic heterocycles. The predicted octanol–water partition coefficient (Wildman–Crippen LogP) is 2.47. The van der Waals surface area contributed by atoms with Crippen molar-refractivity contribution in [2.45, 2.75) is 51.0 Å². The van der Waals surface area contributed by atoms with Gasteiger partial charge in [0.2, 0.25) is 10.0 Å². The molecule has 0 aliphatic carbocycles. The Labute approximate surface area is 130 Å². The normalized spacial score (nSPS) is 20.4. The standard InChI is InChI=1S/C14H21NO4S2/c1-4-19-14(16)12-7-5-6-8-15(12)21(17,18)13-9-10(2)20-11(13)3/h9,12H,4-8H2,1-3H3. The van der Waals surface area contributed by atoms with Crippen LogP contribution in [-0.4, -0.2) is 37.9 Å². The van der Waals surface area contributed by atoms with E-state index in [1.165, 1.54) is 15.6 Å². The highest BCUT2D eigenvalue weighted by atomic mass is 32.2. The Balaban J connectivity index is 2.36. The van der Waals surface area contributed by atoms with E-state index in [1.807, 2.05) is 6.92 Å². The summed E-state index contributed by atoms with van der Waals surface area (Å²) in [5, 5.41) is 0. The molecule has 5 nitrogen and oxygen atoms in total. The average Bonchev–Trinajstić information content (AvgIpc) is 2.79. The first kappa shape index (κ1) is 16.5. The maximum atomic E-state index is 12.9. The summed E-state index contributed by atoms with van der Waals surface area (Å²) in [4.78, 5) is 14.1. The number of rotatable bonds is 4. The van der Waals surface area contributed by atoms with Crippen LogP contribution < -0.4 is 0 Å². The zero-order chi connectivity index (χ0) is 15.6. The van der Waals surface area contributed by atoms with Gasteiger partial charge < -0.3 is 4.74 Å². The van der Waals surface area contributed by atoms with Gasteiger partial charge in [-0.2, -0.15) is 4.31 Å². The van der Waals surface area contributed by atoms with Crippen molar-refractivity contribution in [1.82, 2.24) is 4.31 Å². The number of sulfonamides is 1. The number of hydrogen-bond acceptors (Lipinski definition) is 5. The number of ether oxygens (including phenoxy) is 1. The van der Waals surface area contributed by atoms with Crippen LogP contribution in [0, 0.1) is 13.8 Å². The van der Waals surface area contributed by atoms with Crippen LogP contribution in [-0.2, 0) is 19.6 Å². The molecule has 1 aliphatic heterocycles. The van der Waals surface area contributed by atoms with E-state index in [1.54, 1.807) is 19.9 Å². The van der Waals surface area contributed by atoms with Gasteiger partial charge in [0.1, 0.15) is 6.04 Å². The maximum Gasteiger partial charge on any atom is 0.324 e. The van der Waals surface area contributed by atoms with Gasteiger partial charge in [0.25, 0.3) is 0 Å². The summed E-state index contributed by atoms with van der Waals surface area (Å²) in [5.74, 6) is -0.439. The fraction of sp³-hybridized carbons (Fsp3) is 0.643. The lowest BCUT2D eigenvalue weighted by Crippen LogP contribution is -2.48. The van der Waals surface area contributed by atoms with Gasteiger partial charge in [-0.15, -0.1) is 11.3 Å². The van der Waals surface area contributed by atoms with Crippen LogP contribution in [0.1, 0.15) is 35.9 Å². The third-order valence-corrected chi connectivity index (χ3v) is 6.72. The number of carbonyl (C=O) groups excluding carboxylic acids is 1. The molecule has 2 rings (SSSR count). The van der Waals surface area contributed by atoms with Crippen LogP contribution in [0.15, 0.2) is 11.0 Å². The maximum absolute atomic E-state index is 12.9. The van der Waals surface area contributed by atoms with Gasteiger partial charge in [-0.05, 0) is 46.1 Å². The number of nitrogens with zero attached hydrogens (tertiary/aromatic N) is 1. The summed E-state index contributed by atoms with van der Waals surface area (Å²) in [5.41, 5.74) is 0. The summed E-state index contributed by atoms with van der Waals surface area (Å²) in [6.45, 7) is 6.05. The number of thiophene rings is 1. The predicted molar refractivity (Wildman–Crippen MR) is 82.0 cm³/mol. The first-order valence-electron chi connectivity index (χ1n) is 7.13. The van der Waals surface area contributed by atoms with Gasteiger partial charge in [-0.25, -0.2) is 8.42 Å². The van der Waals surface area contributed by atoms with E-state index in [0.717, 1.165) is 22.6 Å². The van der Waals surface area contributed by atoms with E-state index in [0.29, 0.717) is 17.9 Å². The van der Waals surface area contributed by atoms with Crippen molar-refractivity contribution in [2.75, 3.05) is 13.2 Å². The molecule has 0 aromatic carbocycles. The number of esters is 1. The van der Waals surface area contributed by atoms with E-state index in [-0.39, 0.29) is 6.61 Å². The summed E-state index contributed by atoms with van der Waals surface area (Å²) in [6, 6.07) is 0.995. The van der Waals surface area contributed by atoms with Crippen LogP contribution in [0.3, 0.4) is 0 Å². The van der Waals surface area contributed by atoms with Gasteiger partial charge in [-0.3, -0.25) is 4.79 Å². The van der Waals surface area contributed by atoms with E-state index < -0.39 is 22.0 Å². The van der Waals surface area contributed by atoms with Crippen molar-refractivity contribution in [2.24, 2.45) is 0 Å². The van der Waals surface area contributed by atoms with Gasteiger partial charge in [0.15, 0.2) is 0 Å². The Kier molecular flexibility index (Phi) is 5.06. The second-order valence-electron chi connectivity index (χ2n) is 5.16. The smallest absolute Gasteiger partial charge is 0.324 e. The van der Waals surface area contributed by atoms with Crippen molar-refractivity contribution in [3.8, 4) is 0 Å². The fourth-order valence-electron chi connectivity index (χ4n) is 2.66. The van der Waals surface area contributed by atoms with E-state index in [9.17, 15) is 13.2 Å². The molecule has 1 fully saturated rings. The highest BCUT2D eigenvalue weighted by Gasteiger charge is 2.39. The topological polar surface area (TPSA) is 63.7 Å². The number of hydrogen-bond donors (Lipinski definition) is 0. The number of aryl methyl sites for hydroxylation is 2. The zero-order valence-corrected chi connectivity index (χ0v) is 14.2. The Hall–Kier alpha value is -0.920. The number of piperidine rings is 1. The molecule has 1 unspecified atom stereocenters. The molecule has 1 aliphatic rings. The Morgan fingerprint density at radius 1 is 1.43 bits per heavy atom. The molecule has 0 bridgehead atoms. The zero-order valence-electron chi connectivity index (χ0n) is 12.6. The third-order valence-electron chi connectivity index (χ3n) is 3.59. The number of carbonyl (C=O) groups is 1. The molecule has 1 aromatic rings. The molecule has 0 saturated carbocycles. The SMILES string of the molecule is CCOC(=O)C1CCCCN1S(=O)(=O)c1cc(C)sc1C. The molecule has 0 N–H and O–H groups in total. The van der Waals surface area contributed by atoms with Crippen molar-refractivity contribution >= 4 is 27.3 Å². The highest BCUT2D eigenvalue weighted by Crippen LogP contribution is 2.31. The summed E-state index contributed by atoms with van der Waals surface area (Å²) in [6.07, 6.45) is 2.15. The van der Waals surface area contributed by atoms with Crippen LogP contribution in [0.25, 0.3) is 0 Å². The molecule has 21 heavy (non-hydrogen) atoms. The van der Waals surface area contributed by atoms with Crippen LogP contribution in [0.2, 0.25) is 0 Å². The molecular weight excluding hydrogens is 310 g/mol. The lowest BCUT2D eigenvalue weighted by molar-refractivity contribution is -0.148. The van der Waals surface area contributed by atoms with Crippen LogP contribution in [0.4, 0.5) is 0 Å². The van der Waals surface area contributed by atoms with Gasteiger partial charge in [0.05, 0.1) is 11.5 Å². The lowest BCUT2D eigenvalue weighted by atomic mass is 10.1. The minimum absolute atomic E-state index is 0.264. The molecular formula is C14H21NO4S2. The van der Waals surface area contributed by atoms with Crippen molar-refractivity contribution in [3.05, 3.63) is 15.8 Å². The van der Waals surface area contributed by atoms with Crippen molar-refractivity contribution in [3.63, 3.8) is 0 Å². The molecule has 1 saturated heterocycles. The second-order valence-corrected chi connectivity index (χ2v) is 8.48. The van der Waals surface area contributed by atoms with E-state index >= 15 is 0 Å². The third kappa shape index (κ3) is 3.30. The van der Waals surface area contributed by atoms with Gasteiger partial charge in [-0.1, -0.05) is 0 Å². The molecule has 1 atom stereocenters. The highest BCUT2D eigenvalue weighted by molar-refractivity contribution is 7.89. The quantitative estimate of drug-likeness (QED) is 0.795. The molecule has 0 radical (unpaired) electrons. The molecule has 0 spiro atoms. The van der Waals surface area contributed by atoms with E-state index in [2.05, 4.69) is 0 Å². The molecule has 2 heterocycles. The van der Waals surface area contributed by atoms with Crippen LogP contribution in [0.5, 0.6) is 0 Å². The molecule has 118 valence electrons. The lowest BCUT2D eigenvalue weighted by Gasteiger charge is -2.32. The Morgan fingerprint density at radius 2 is 2.14 bits per heavy atom. The van der Waals surface area contributed by atoms with Gasteiger partial charge in [0, 0.05) is 16.3 Å². The summed E-state index contributed by atoms with van der Waals surface area (Å²) >= 11 is 1.46. The van der Waals surface area contributed by atoms with Gasteiger partial charge >= 0.3 is 5.97 Å². The minimum atomic E-state index is -3.64. The van der Waals surface area contributed by atoms with Crippen LogP contribution >= 0.6 is 11.3 Å². The van der Waals surface area contributed by atoms with Crippen molar-refractivity contribution in [1.29, 1.82) is 0 Å². The average molecular weight is 331 g/mol. The molecule has 0 amide bonds. The monoisotopic (exact) mass is 331 g/mol. The Bertz CT molecular complexity index is 621. The largest absolute Gasteiger partial charge is 0.465 e. The fourth-order valence-corrected chi connectivity index (χ4v) is 5.83. The van der Waals surface area contributed by atoms with Crippen molar-refractivity contribution < 1.29 is 17.9 Å². The first-order chi connectivity index (χ1) is 9.87. The first-order valence-corrected chi connectivity index (χ1v) is 9.39. The Morgan fingerprint density at radius 3 is 2.71 bits per heavy atom. The van der Waals surface area contributed by atoms with E-state index in [4.69, 9.17) is 4.74 Å². The summed E-state index contributed by atoms with van der Waals surface area (Å²) < 4.78 is 32.1.